The maximum atomic E-state index is 2.58. The van der Waals surface area contributed by atoms with E-state index < -0.39 is 16.2 Å². The van der Waals surface area contributed by atoms with Gasteiger partial charge in [-0.2, -0.15) is 0 Å². The van der Waals surface area contributed by atoms with Crippen LogP contribution < -0.4 is 14.7 Å². The molecule has 110 heavy (non-hydrogen) atoms. The smallest absolute Gasteiger partial charge is 0.0742 e. The van der Waals surface area contributed by atoms with E-state index in [4.69, 9.17) is 0 Å². The lowest BCUT2D eigenvalue weighted by molar-refractivity contribution is 0.731. The second-order valence-corrected chi connectivity index (χ2v) is 29.2. The number of hydrogen-bond donors (Lipinski definition) is 0. The maximum absolute atomic E-state index is 2.58. The number of para-hydroxylation sites is 9. The van der Waals surface area contributed by atoms with Crippen LogP contribution in [0.25, 0.3) is 54.9 Å². The molecule has 0 fully saturated rings. The Labute approximate surface area is 642 Å². The Morgan fingerprint density at radius 2 is 0.373 bits per heavy atom. The van der Waals surface area contributed by atoms with Crippen molar-refractivity contribution in [1.29, 1.82) is 0 Å². The van der Waals surface area contributed by atoms with E-state index in [0.29, 0.717) is 0 Å². The lowest BCUT2D eigenvalue weighted by Crippen LogP contribution is -2.38. The zero-order valence-electron chi connectivity index (χ0n) is 60.5. The summed E-state index contributed by atoms with van der Waals surface area (Å²) < 4.78 is 0. The third-order valence-electron chi connectivity index (χ3n) is 23.8. The van der Waals surface area contributed by atoms with Gasteiger partial charge in [-0.1, -0.05) is 382 Å². The predicted molar refractivity (Wildman–Crippen MR) is 457 cm³/mol. The van der Waals surface area contributed by atoms with Crippen LogP contribution in [0, 0.1) is 0 Å². The summed E-state index contributed by atoms with van der Waals surface area (Å²) in [4.78, 5) is 7.70. The van der Waals surface area contributed by atoms with Gasteiger partial charge in [0.15, 0.2) is 0 Å². The van der Waals surface area contributed by atoms with Crippen LogP contribution in [0.5, 0.6) is 0 Å². The average Bonchev–Trinajstić information content (AvgIpc) is 0.695. The number of benzene rings is 18. The van der Waals surface area contributed by atoms with Crippen LogP contribution in [-0.4, -0.2) is 0 Å². The Hall–Kier alpha value is -14.1. The molecule has 0 radical (unpaired) electrons. The molecule has 516 valence electrons. The molecule has 0 aromatic heterocycles. The molecule has 0 saturated carbocycles. The number of anilines is 9. The summed E-state index contributed by atoms with van der Waals surface area (Å²) >= 11 is 0. The highest BCUT2D eigenvalue weighted by atomic mass is 15.2. The van der Waals surface area contributed by atoms with Gasteiger partial charge in [-0.05, 0) is 166 Å². The molecule has 3 aliphatic heterocycles. The maximum Gasteiger partial charge on any atom is 0.0742 e. The van der Waals surface area contributed by atoms with E-state index in [-0.39, 0.29) is 0 Å². The summed E-state index contributed by atoms with van der Waals surface area (Å²) in [7, 11) is 0. The fraction of sp³-hybridized carbons (Fsp3) is 0.0280. The first-order valence-corrected chi connectivity index (χ1v) is 38.2. The molecule has 3 heterocycles. The fourth-order valence-electron chi connectivity index (χ4n) is 19.6. The second kappa shape index (κ2) is 26.1. The molecular formula is C107H73N3. The third-order valence-corrected chi connectivity index (χ3v) is 23.8. The van der Waals surface area contributed by atoms with Crippen molar-refractivity contribution in [3.8, 4) is 33.4 Å². The minimum atomic E-state index is -0.777. The molecule has 0 saturated heterocycles. The van der Waals surface area contributed by atoms with Crippen molar-refractivity contribution in [2.45, 2.75) is 16.2 Å². The fourth-order valence-corrected chi connectivity index (χ4v) is 19.6. The van der Waals surface area contributed by atoms with Gasteiger partial charge in [0.1, 0.15) is 0 Å². The summed E-state index contributed by atoms with van der Waals surface area (Å²) in [5.41, 5.74) is 28.8. The van der Waals surface area contributed by atoms with Crippen molar-refractivity contribution < 1.29 is 0 Å². The standard InChI is InChI=1S/C107H73N3/c1-10-39-74(40-11-1)105(75-41-12-2-13-42-75)92-64-28-31-70-98(92)108(80-51-22-7-23-52-80)102-87(61-36-67-95(102)105)83-57-34-59-85-90(83)73-91-84(88-62-37-68-96-103(88)109(81-53-24-8-25-54-81)99-71-32-29-65-93(99)106(96,76-43-14-3-15-44-76)77-45-16-4-17-46-77)58-35-60-86(91)101(85)89-63-38-69-97-104(89)110(82-55-26-9-27-56-82)100-72-33-30-66-94(100)107(97,78-47-18-5-19-48-78)79-49-20-6-21-50-79/h1-73H. The predicted octanol–water partition coefficient (Wildman–Crippen LogP) is 27.5. The van der Waals surface area contributed by atoms with Crippen LogP contribution in [0.2, 0.25) is 0 Å². The molecular weight excluding hydrogens is 1330 g/mol. The second-order valence-electron chi connectivity index (χ2n) is 29.2. The Morgan fingerprint density at radius 1 is 0.155 bits per heavy atom. The quantitative estimate of drug-likeness (QED) is 0.113. The van der Waals surface area contributed by atoms with Gasteiger partial charge in [-0.3, -0.25) is 0 Å². The summed E-state index contributed by atoms with van der Waals surface area (Å²) in [6.45, 7) is 0. The first kappa shape index (κ1) is 64.3. The van der Waals surface area contributed by atoms with Crippen molar-refractivity contribution in [3.05, 3.63) is 510 Å². The van der Waals surface area contributed by atoms with E-state index in [1.54, 1.807) is 0 Å². The average molecular weight is 1400 g/mol. The van der Waals surface area contributed by atoms with Gasteiger partial charge in [0.05, 0.1) is 50.4 Å². The van der Waals surface area contributed by atoms with E-state index in [1.807, 2.05) is 0 Å². The zero-order valence-corrected chi connectivity index (χ0v) is 60.5. The molecule has 3 nitrogen and oxygen atoms in total. The van der Waals surface area contributed by atoms with Crippen LogP contribution in [0.3, 0.4) is 0 Å². The van der Waals surface area contributed by atoms with Crippen molar-refractivity contribution in [2.75, 3.05) is 14.7 Å². The van der Waals surface area contributed by atoms with E-state index >= 15 is 0 Å². The van der Waals surface area contributed by atoms with Crippen molar-refractivity contribution in [3.63, 3.8) is 0 Å². The van der Waals surface area contributed by atoms with Crippen LogP contribution >= 0.6 is 0 Å². The molecule has 0 spiro atoms. The molecule has 3 heteroatoms. The Bertz CT molecular complexity index is 6110. The molecule has 0 aliphatic carbocycles. The van der Waals surface area contributed by atoms with Crippen LogP contribution in [-0.2, 0) is 16.2 Å². The molecule has 0 amide bonds. The summed E-state index contributed by atoms with van der Waals surface area (Å²) in [5.74, 6) is 0. The van der Waals surface area contributed by atoms with Crippen LogP contribution in [0.15, 0.2) is 443 Å². The first-order chi connectivity index (χ1) is 54.7. The Morgan fingerprint density at radius 3 is 0.664 bits per heavy atom. The molecule has 21 rings (SSSR count). The van der Waals surface area contributed by atoms with Crippen molar-refractivity contribution in [1.82, 2.24) is 0 Å². The summed E-state index contributed by atoms with van der Waals surface area (Å²) in [5, 5.41) is 4.53. The number of nitrogens with zero attached hydrogens (tertiary/aromatic N) is 3. The molecule has 0 atom stereocenters. The summed E-state index contributed by atoms with van der Waals surface area (Å²) in [6.07, 6.45) is 0. The Kier molecular flexibility index (Phi) is 15.3. The zero-order chi connectivity index (χ0) is 72.7. The van der Waals surface area contributed by atoms with Gasteiger partial charge in [-0.25, -0.2) is 0 Å². The molecule has 3 aliphatic rings. The van der Waals surface area contributed by atoms with Gasteiger partial charge < -0.3 is 14.7 Å². The first-order valence-electron chi connectivity index (χ1n) is 38.2. The minimum Gasteiger partial charge on any atom is -0.309 e. The monoisotopic (exact) mass is 1400 g/mol. The van der Waals surface area contributed by atoms with E-state index in [1.165, 1.54) is 66.8 Å². The number of rotatable bonds is 12. The van der Waals surface area contributed by atoms with E-state index in [0.717, 1.165) is 106 Å². The molecule has 0 unspecified atom stereocenters. The van der Waals surface area contributed by atoms with Gasteiger partial charge in [0.25, 0.3) is 0 Å². The topological polar surface area (TPSA) is 9.72 Å². The lowest BCUT2D eigenvalue weighted by atomic mass is 9.61. The molecule has 18 aromatic carbocycles. The van der Waals surface area contributed by atoms with Gasteiger partial charge in [0, 0.05) is 33.8 Å². The van der Waals surface area contributed by atoms with E-state index in [2.05, 4.69) is 458 Å². The van der Waals surface area contributed by atoms with Crippen molar-refractivity contribution >= 4 is 72.7 Å². The SMILES string of the molecule is c1ccc(N2c3ccccc3C(c3ccccc3)(c3ccccc3)c3cccc(-c4cccc5c(-c6cccc7c6N(c6ccccc6)c6ccccc6C7(c6ccccc6)c6ccccc6)c6cccc(-c7cccc8c7N(c7ccccc7)c7ccccc7C8(c7ccccc7)c7ccccc7)c6cc45)c32)cc1. The molecule has 18 aromatic rings. The highest BCUT2D eigenvalue weighted by Crippen LogP contribution is 2.65. The molecule has 0 bridgehead atoms. The lowest BCUT2D eigenvalue weighted by Gasteiger charge is -2.47. The van der Waals surface area contributed by atoms with Gasteiger partial charge >= 0.3 is 0 Å². The highest BCUT2D eigenvalue weighted by molar-refractivity contribution is 6.22. The third kappa shape index (κ3) is 9.44. The Balaban J connectivity index is 0.942. The number of hydrogen-bond acceptors (Lipinski definition) is 3. The highest BCUT2D eigenvalue weighted by Gasteiger charge is 2.51. The largest absolute Gasteiger partial charge is 0.309 e. The van der Waals surface area contributed by atoms with Crippen LogP contribution in [0.1, 0.15) is 66.8 Å². The molecule has 0 N–H and O–H groups in total. The van der Waals surface area contributed by atoms with Crippen LogP contribution in [0.4, 0.5) is 51.2 Å². The van der Waals surface area contributed by atoms with E-state index in [9.17, 15) is 0 Å². The summed E-state index contributed by atoms with van der Waals surface area (Å²) in [6, 6.07) is 166. The number of fused-ring (bicyclic) bond motifs is 8. The normalized spacial score (nSPS) is 14.0. The minimum absolute atomic E-state index is 0.750. The van der Waals surface area contributed by atoms with Crippen molar-refractivity contribution in [2.24, 2.45) is 0 Å². The van der Waals surface area contributed by atoms with Gasteiger partial charge in [-0.15, -0.1) is 0 Å². The van der Waals surface area contributed by atoms with Gasteiger partial charge in [0.2, 0.25) is 0 Å².